The zero-order chi connectivity index (χ0) is 20.4. The fraction of sp³-hybridized carbons (Fsp3) is 0. The van der Waals surface area contributed by atoms with Crippen LogP contribution in [0.3, 0.4) is 0 Å². The van der Waals surface area contributed by atoms with Crippen LogP contribution in [0.1, 0.15) is 33.4 Å². The molecule has 0 aliphatic rings. The summed E-state index contributed by atoms with van der Waals surface area (Å²) in [6.45, 7) is 0. The standard InChI is InChI=1S/C30H20/c1-3-7-25(8-4-1)11-13-27-15-19-29(20-16-27)23-24-30-21-17-28(18-22-30)14-12-26-9-5-2-6-10-26/h1-10,15-24H/b24-23+. The summed E-state index contributed by atoms with van der Waals surface area (Å²) in [6, 6.07) is 36.6. The fourth-order valence-corrected chi connectivity index (χ4v) is 2.88. The van der Waals surface area contributed by atoms with Crippen molar-refractivity contribution in [2.24, 2.45) is 0 Å². The van der Waals surface area contributed by atoms with Crippen molar-refractivity contribution in [2.45, 2.75) is 0 Å². The first kappa shape index (κ1) is 19.1. The maximum Gasteiger partial charge on any atom is 0.0249 e. The van der Waals surface area contributed by atoms with Crippen molar-refractivity contribution < 1.29 is 0 Å². The largest absolute Gasteiger partial charge is 0.0622 e. The molecule has 4 aromatic carbocycles. The van der Waals surface area contributed by atoms with Crippen molar-refractivity contribution in [3.05, 3.63) is 143 Å². The Bertz CT molecular complexity index is 1130. The summed E-state index contributed by atoms with van der Waals surface area (Å²) in [5, 5.41) is 0. The van der Waals surface area contributed by atoms with Crippen LogP contribution in [0.25, 0.3) is 12.2 Å². The smallest absolute Gasteiger partial charge is 0.0249 e. The van der Waals surface area contributed by atoms with Gasteiger partial charge in [0.15, 0.2) is 0 Å². The highest BCUT2D eigenvalue weighted by atomic mass is 14.0. The van der Waals surface area contributed by atoms with Crippen LogP contribution in [0.15, 0.2) is 109 Å². The molecule has 4 aromatic rings. The van der Waals surface area contributed by atoms with E-state index in [1.54, 1.807) is 0 Å². The van der Waals surface area contributed by atoms with Crippen LogP contribution in [0, 0.1) is 23.7 Å². The van der Waals surface area contributed by atoms with Crippen molar-refractivity contribution >= 4 is 12.2 Å². The maximum atomic E-state index is 3.20. The molecule has 0 heteroatoms. The third-order valence-corrected chi connectivity index (χ3v) is 4.54. The highest BCUT2D eigenvalue weighted by Gasteiger charge is 1.92. The van der Waals surface area contributed by atoms with Gasteiger partial charge in [-0.15, -0.1) is 0 Å². The summed E-state index contributed by atoms with van der Waals surface area (Å²) in [5.41, 5.74) is 6.37. The Labute approximate surface area is 178 Å². The molecular weight excluding hydrogens is 360 g/mol. The summed E-state index contributed by atoms with van der Waals surface area (Å²) < 4.78 is 0. The summed E-state index contributed by atoms with van der Waals surface area (Å²) in [4.78, 5) is 0. The average Bonchev–Trinajstić information content (AvgIpc) is 2.83. The minimum atomic E-state index is 1.01. The first-order chi connectivity index (χ1) is 14.8. The molecule has 0 bridgehead atoms. The van der Waals surface area contributed by atoms with E-state index in [1.807, 2.05) is 60.7 Å². The van der Waals surface area contributed by atoms with Gasteiger partial charge in [-0.2, -0.15) is 0 Å². The molecule has 0 spiro atoms. The van der Waals surface area contributed by atoms with E-state index in [0.29, 0.717) is 0 Å². The van der Waals surface area contributed by atoms with Crippen molar-refractivity contribution in [1.82, 2.24) is 0 Å². The van der Waals surface area contributed by atoms with Gasteiger partial charge in [-0.05, 0) is 59.7 Å². The van der Waals surface area contributed by atoms with Crippen molar-refractivity contribution in [3.8, 4) is 23.7 Å². The third-order valence-electron chi connectivity index (χ3n) is 4.54. The van der Waals surface area contributed by atoms with E-state index >= 15 is 0 Å². The number of rotatable bonds is 2. The van der Waals surface area contributed by atoms with E-state index in [1.165, 1.54) is 0 Å². The lowest BCUT2D eigenvalue weighted by Gasteiger charge is -1.97. The summed E-state index contributed by atoms with van der Waals surface area (Å²) in [5.74, 6) is 12.8. The third kappa shape index (κ3) is 5.62. The van der Waals surface area contributed by atoms with Gasteiger partial charge >= 0.3 is 0 Å². The second-order valence-electron chi connectivity index (χ2n) is 6.81. The Morgan fingerprint density at radius 1 is 0.333 bits per heavy atom. The quantitative estimate of drug-likeness (QED) is 0.269. The van der Waals surface area contributed by atoms with E-state index in [0.717, 1.165) is 33.4 Å². The topological polar surface area (TPSA) is 0 Å². The molecule has 30 heavy (non-hydrogen) atoms. The number of hydrogen-bond acceptors (Lipinski definition) is 0. The van der Waals surface area contributed by atoms with Crippen molar-refractivity contribution in [2.75, 3.05) is 0 Å². The van der Waals surface area contributed by atoms with Gasteiger partial charge < -0.3 is 0 Å². The molecule has 140 valence electrons. The summed E-state index contributed by atoms with van der Waals surface area (Å²) in [7, 11) is 0. The predicted octanol–water partition coefficient (Wildman–Crippen LogP) is 6.66. The molecule has 0 aliphatic carbocycles. The highest BCUT2D eigenvalue weighted by molar-refractivity contribution is 5.70. The first-order valence-corrected chi connectivity index (χ1v) is 9.87. The zero-order valence-electron chi connectivity index (χ0n) is 16.5. The molecule has 0 radical (unpaired) electrons. The van der Waals surface area contributed by atoms with Crippen LogP contribution in [-0.2, 0) is 0 Å². The van der Waals surface area contributed by atoms with E-state index in [4.69, 9.17) is 0 Å². The molecule has 0 saturated carbocycles. The van der Waals surface area contributed by atoms with Crippen LogP contribution in [-0.4, -0.2) is 0 Å². The minimum Gasteiger partial charge on any atom is -0.0622 e. The Kier molecular flexibility index (Phi) is 6.22. The second kappa shape index (κ2) is 9.79. The van der Waals surface area contributed by atoms with Crippen molar-refractivity contribution in [3.63, 3.8) is 0 Å². The molecule has 0 fully saturated rings. The molecule has 0 heterocycles. The molecular formula is C30H20. The predicted molar refractivity (Wildman–Crippen MR) is 127 cm³/mol. The minimum absolute atomic E-state index is 1.01. The lowest BCUT2D eigenvalue weighted by atomic mass is 10.1. The van der Waals surface area contributed by atoms with Gasteiger partial charge in [-0.3, -0.25) is 0 Å². The molecule has 0 aliphatic heterocycles. The molecule has 0 amide bonds. The number of benzene rings is 4. The lowest BCUT2D eigenvalue weighted by molar-refractivity contribution is 1.59. The molecule has 0 aromatic heterocycles. The van der Waals surface area contributed by atoms with Crippen LogP contribution >= 0.6 is 0 Å². The first-order valence-electron chi connectivity index (χ1n) is 9.87. The molecule has 0 nitrogen and oxygen atoms in total. The summed E-state index contributed by atoms with van der Waals surface area (Å²) >= 11 is 0. The van der Waals surface area contributed by atoms with Crippen molar-refractivity contribution in [1.29, 1.82) is 0 Å². The van der Waals surface area contributed by atoms with Crippen LogP contribution in [0.5, 0.6) is 0 Å². The molecule has 0 unspecified atom stereocenters. The van der Waals surface area contributed by atoms with Gasteiger partial charge in [0.25, 0.3) is 0 Å². The van der Waals surface area contributed by atoms with Gasteiger partial charge in [-0.1, -0.05) is 96.5 Å². The Balaban J connectivity index is 1.39. The van der Waals surface area contributed by atoms with Gasteiger partial charge in [0.2, 0.25) is 0 Å². The van der Waals surface area contributed by atoms with Gasteiger partial charge in [0.1, 0.15) is 0 Å². The van der Waals surface area contributed by atoms with Crippen LogP contribution in [0.2, 0.25) is 0 Å². The van der Waals surface area contributed by atoms with Gasteiger partial charge in [-0.25, -0.2) is 0 Å². The molecule has 4 rings (SSSR count). The normalized spacial score (nSPS) is 10.0. The van der Waals surface area contributed by atoms with E-state index in [-0.39, 0.29) is 0 Å². The molecule has 0 saturated heterocycles. The monoisotopic (exact) mass is 380 g/mol. The second-order valence-corrected chi connectivity index (χ2v) is 6.81. The fourth-order valence-electron chi connectivity index (χ4n) is 2.88. The van der Waals surface area contributed by atoms with Gasteiger partial charge in [0.05, 0.1) is 0 Å². The maximum absolute atomic E-state index is 3.20. The highest BCUT2D eigenvalue weighted by Crippen LogP contribution is 2.11. The van der Waals surface area contributed by atoms with Crippen LogP contribution in [0.4, 0.5) is 0 Å². The van der Waals surface area contributed by atoms with E-state index in [2.05, 4.69) is 84.4 Å². The average molecular weight is 380 g/mol. The Morgan fingerprint density at radius 3 is 0.967 bits per heavy atom. The van der Waals surface area contributed by atoms with E-state index < -0.39 is 0 Å². The molecule has 0 atom stereocenters. The number of hydrogen-bond donors (Lipinski definition) is 0. The molecule has 0 N–H and O–H groups in total. The van der Waals surface area contributed by atoms with Crippen LogP contribution < -0.4 is 0 Å². The van der Waals surface area contributed by atoms with Gasteiger partial charge in [0, 0.05) is 22.3 Å². The lowest BCUT2D eigenvalue weighted by Crippen LogP contribution is -1.79. The Hall–Kier alpha value is -4.26. The summed E-state index contributed by atoms with van der Waals surface area (Å²) in [6.07, 6.45) is 4.22. The Morgan fingerprint density at radius 2 is 0.633 bits per heavy atom. The van der Waals surface area contributed by atoms with E-state index in [9.17, 15) is 0 Å². The SMILES string of the molecule is C(#Cc1ccc(/C=C/c2ccc(C#Cc3ccccc3)cc2)cc1)c1ccccc1. The zero-order valence-corrected chi connectivity index (χ0v) is 16.5.